The highest BCUT2D eigenvalue weighted by Gasteiger charge is 2.38. The molecule has 0 bridgehead atoms. The van der Waals surface area contributed by atoms with Crippen LogP contribution in [0.2, 0.25) is 0 Å². The summed E-state index contributed by atoms with van der Waals surface area (Å²) in [6.07, 6.45) is 3.33. The highest BCUT2D eigenvalue weighted by Crippen LogP contribution is 2.43. The molecule has 1 atom stereocenters. The van der Waals surface area contributed by atoms with E-state index < -0.39 is 6.04 Å². The first-order chi connectivity index (χ1) is 12.6. The summed E-state index contributed by atoms with van der Waals surface area (Å²) < 4.78 is 0. The smallest absolute Gasteiger partial charge is 0.319 e. The molecule has 3 amide bonds. The fourth-order valence-corrected chi connectivity index (χ4v) is 3.32. The van der Waals surface area contributed by atoms with E-state index in [-0.39, 0.29) is 17.4 Å². The van der Waals surface area contributed by atoms with Crippen LogP contribution in [0.25, 0.3) is 0 Å². The topological polar surface area (TPSA) is 70.2 Å². The summed E-state index contributed by atoms with van der Waals surface area (Å²) >= 11 is 0. The lowest BCUT2D eigenvalue weighted by atomic mass is 9.64. The van der Waals surface area contributed by atoms with Crippen molar-refractivity contribution in [3.63, 3.8) is 0 Å². The second-order valence-corrected chi connectivity index (χ2v) is 6.90. The van der Waals surface area contributed by atoms with E-state index in [2.05, 4.69) is 28.1 Å². The Balaban J connectivity index is 1.50. The highest BCUT2D eigenvalue weighted by atomic mass is 16.2. The Labute approximate surface area is 154 Å². The molecule has 0 aliphatic heterocycles. The number of para-hydroxylation sites is 1. The van der Waals surface area contributed by atoms with Crippen molar-refractivity contribution in [2.75, 3.05) is 11.9 Å². The maximum absolute atomic E-state index is 12.4. The summed E-state index contributed by atoms with van der Waals surface area (Å²) in [5.74, 6) is -0.171. The maximum atomic E-state index is 12.4. The molecule has 5 nitrogen and oxygen atoms in total. The Morgan fingerprint density at radius 1 is 1.00 bits per heavy atom. The van der Waals surface area contributed by atoms with Crippen LogP contribution >= 0.6 is 0 Å². The van der Waals surface area contributed by atoms with E-state index in [4.69, 9.17) is 0 Å². The van der Waals surface area contributed by atoms with Gasteiger partial charge in [0.2, 0.25) is 5.91 Å². The van der Waals surface area contributed by atoms with Gasteiger partial charge in [0.05, 0.1) is 0 Å². The molecule has 1 fully saturated rings. The summed E-state index contributed by atoms with van der Waals surface area (Å²) in [5.41, 5.74) is 1.99. The minimum atomic E-state index is -0.605. The third kappa shape index (κ3) is 4.23. The summed E-state index contributed by atoms with van der Waals surface area (Å²) in [6.45, 7) is 2.29. The number of hydrogen-bond acceptors (Lipinski definition) is 2. The van der Waals surface area contributed by atoms with Gasteiger partial charge in [-0.3, -0.25) is 4.79 Å². The lowest BCUT2D eigenvalue weighted by Crippen LogP contribution is -2.51. The van der Waals surface area contributed by atoms with E-state index in [9.17, 15) is 9.59 Å². The molecule has 0 aromatic heterocycles. The maximum Gasteiger partial charge on any atom is 0.319 e. The lowest BCUT2D eigenvalue weighted by Gasteiger charge is -2.42. The van der Waals surface area contributed by atoms with E-state index in [1.54, 1.807) is 19.1 Å². The van der Waals surface area contributed by atoms with Gasteiger partial charge in [0, 0.05) is 17.6 Å². The van der Waals surface area contributed by atoms with Gasteiger partial charge in [-0.25, -0.2) is 4.79 Å². The van der Waals surface area contributed by atoms with Gasteiger partial charge in [0.15, 0.2) is 0 Å². The first kappa shape index (κ1) is 18.0. The van der Waals surface area contributed by atoms with Crippen molar-refractivity contribution >= 4 is 17.6 Å². The van der Waals surface area contributed by atoms with Crippen LogP contribution in [-0.2, 0) is 10.2 Å². The Morgan fingerprint density at radius 3 is 2.19 bits per heavy atom. The van der Waals surface area contributed by atoms with Crippen LogP contribution < -0.4 is 16.0 Å². The predicted molar refractivity (Wildman–Crippen MR) is 103 cm³/mol. The number of nitrogens with one attached hydrogen (secondary N) is 3. The molecule has 0 radical (unpaired) electrons. The average molecular weight is 351 g/mol. The normalized spacial score (nSPS) is 16.0. The molecule has 3 N–H and O–H groups in total. The molecule has 1 saturated carbocycles. The standard InChI is InChI=1S/C21H25N3O2/c1-16(23-20(26)24-18-11-6-3-7-12-18)19(25)22-15-21(13-8-14-21)17-9-4-2-5-10-17/h2-7,9-12,16H,8,13-15H2,1H3,(H,22,25)(H2,23,24,26)/t16-/m1/s1. The van der Waals surface area contributed by atoms with Crippen LogP contribution in [0, 0.1) is 0 Å². The van der Waals surface area contributed by atoms with Gasteiger partial charge in [-0.15, -0.1) is 0 Å². The first-order valence-electron chi connectivity index (χ1n) is 9.05. The number of urea groups is 1. The predicted octanol–water partition coefficient (Wildman–Crippen LogP) is 3.43. The van der Waals surface area contributed by atoms with Crippen LogP contribution in [0.5, 0.6) is 0 Å². The summed E-state index contributed by atoms with van der Waals surface area (Å²) in [4.78, 5) is 24.4. The van der Waals surface area contributed by atoms with Crippen LogP contribution in [0.1, 0.15) is 31.7 Å². The fourth-order valence-electron chi connectivity index (χ4n) is 3.32. The largest absolute Gasteiger partial charge is 0.353 e. The highest BCUT2D eigenvalue weighted by molar-refractivity contribution is 5.93. The lowest BCUT2D eigenvalue weighted by molar-refractivity contribution is -0.123. The summed E-state index contributed by atoms with van der Waals surface area (Å²) in [7, 11) is 0. The van der Waals surface area contributed by atoms with Gasteiger partial charge in [-0.1, -0.05) is 55.0 Å². The van der Waals surface area contributed by atoms with Gasteiger partial charge in [-0.2, -0.15) is 0 Å². The van der Waals surface area contributed by atoms with Crippen LogP contribution in [0.4, 0.5) is 10.5 Å². The summed E-state index contributed by atoms with van der Waals surface area (Å²) in [5, 5.41) is 8.41. The molecule has 26 heavy (non-hydrogen) atoms. The molecular weight excluding hydrogens is 326 g/mol. The number of amides is 3. The number of hydrogen-bond donors (Lipinski definition) is 3. The summed E-state index contributed by atoms with van der Waals surface area (Å²) in [6, 6.07) is 18.5. The van der Waals surface area contributed by atoms with Crippen molar-refractivity contribution in [3.05, 3.63) is 66.2 Å². The fraction of sp³-hybridized carbons (Fsp3) is 0.333. The molecule has 0 heterocycles. The molecule has 136 valence electrons. The second-order valence-electron chi connectivity index (χ2n) is 6.90. The van der Waals surface area contributed by atoms with Gasteiger partial charge < -0.3 is 16.0 Å². The Hall–Kier alpha value is -2.82. The van der Waals surface area contributed by atoms with Crippen molar-refractivity contribution in [2.45, 2.75) is 37.6 Å². The minimum Gasteiger partial charge on any atom is -0.353 e. The van der Waals surface area contributed by atoms with E-state index in [1.165, 1.54) is 12.0 Å². The van der Waals surface area contributed by atoms with Crippen molar-refractivity contribution in [2.24, 2.45) is 0 Å². The van der Waals surface area contributed by atoms with Gasteiger partial charge in [0.25, 0.3) is 0 Å². The number of carbonyl (C=O) groups is 2. The van der Waals surface area contributed by atoms with E-state index in [0.29, 0.717) is 12.2 Å². The average Bonchev–Trinajstić information content (AvgIpc) is 2.62. The minimum absolute atomic E-state index is 0.0307. The van der Waals surface area contributed by atoms with Crippen molar-refractivity contribution < 1.29 is 9.59 Å². The van der Waals surface area contributed by atoms with Crippen LogP contribution in [-0.4, -0.2) is 24.5 Å². The third-order valence-corrected chi connectivity index (χ3v) is 5.07. The van der Waals surface area contributed by atoms with Gasteiger partial charge in [0.1, 0.15) is 6.04 Å². The molecule has 2 aromatic rings. The van der Waals surface area contributed by atoms with Crippen LogP contribution in [0.3, 0.4) is 0 Å². The molecule has 0 unspecified atom stereocenters. The van der Waals surface area contributed by atoms with Crippen molar-refractivity contribution in [1.82, 2.24) is 10.6 Å². The van der Waals surface area contributed by atoms with Crippen molar-refractivity contribution in [3.8, 4) is 0 Å². The van der Waals surface area contributed by atoms with E-state index >= 15 is 0 Å². The van der Waals surface area contributed by atoms with E-state index in [1.807, 2.05) is 36.4 Å². The Bertz CT molecular complexity index is 742. The van der Waals surface area contributed by atoms with Crippen LogP contribution in [0.15, 0.2) is 60.7 Å². The zero-order valence-corrected chi connectivity index (χ0v) is 15.0. The number of carbonyl (C=O) groups excluding carboxylic acids is 2. The first-order valence-corrected chi connectivity index (χ1v) is 9.05. The second kappa shape index (κ2) is 8.04. The van der Waals surface area contributed by atoms with E-state index in [0.717, 1.165) is 12.8 Å². The zero-order chi connectivity index (χ0) is 18.4. The molecule has 5 heteroatoms. The zero-order valence-electron chi connectivity index (χ0n) is 15.0. The Morgan fingerprint density at radius 2 is 1.62 bits per heavy atom. The quantitative estimate of drug-likeness (QED) is 0.746. The van der Waals surface area contributed by atoms with Crippen molar-refractivity contribution in [1.29, 1.82) is 0 Å². The Kier molecular flexibility index (Phi) is 5.56. The number of anilines is 1. The number of benzene rings is 2. The molecule has 3 rings (SSSR count). The SMILES string of the molecule is C[C@@H](NC(=O)Nc1ccccc1)C(=O)NCC1(c2ccccc2)CCC1. The number of rotatable bonds is 6. The monoisotopic (exact) mass is 351 g/mol. The molecule has 1 aliphatic rings. The molecular formula is C21H25N3O2. The molecule has 1 aliphatic carbocycles. The van der Waals surface area contributed by atoms with Gasteiger partial charge >= 0.3 is 6.03 Å². The van der Waals surface area contributed by atoms with Gasteiger partial charge in [-0.05, 0) is 37.5 Å². The molecule has 2 aromatic carbocycles. The molecule has 0 saturated heterocycles. The third-order valence-electron chi connectivity index (χ3n) is 5.07. The molecule has 0 spiro atoms.